The van der Waals surface area contributed by atoms with Crippen LogP contribution in [0.4, 0.5) is 11.4 Å². The van der Waals surface area contributed by atoms with Crippen molar-refractivity contribution >= 4 is 23.2 Å². The second-order valence-corrected chi connectivity index (χ2v) is 5.95. The lowest BCUT2D eigenvalue weighted by molar-refractivity contribution is -0.385. The Morgan fingerprint density at radius 1 is 1.04 bits per heavy atom. The topological polar surface area (TPSA) is 101 Å². The molecule has 0 atom stereocenters. The first-order chi connectivity index (χ1) is 12.0. The number of hydrogen-bond acceptors (Lipinski definition) is 4. The van der Waals surface area contributed by atoms with Gasteiger partial charge < -0.3 is 10.6 Å². The largest absolute Gasteiger partial charge is 0.349 e. The molecule has 7 heteroatoms. The van der Waals surface area contributed by atoms with E-state index in [0.717, 1.165) is 12.8 Å². The Labute approximate surface area is 144 Å². The van der Waals surface area contributed by atoms with Crippen molar-refractivity contribution in [2.75, 3.05) is 5.32 Å². The van der Waals surface area contributed by atoms with Crippen LogP contribution in [0.3, 0.4) is 0 Å². The van der Waals surface area contributed by atoms with Gasteiger partial charge in [-0.2, -0.15) is 0 Å². The van der Waals surface area contributed by atoms with Crippen molar-refractivity contribution in [2.45, 2.75) is 25.8 Å². The average Bonchev–Trinajstić information content (AvgIpc) is 3.39. The third-order valence-corrected chi connectivity index (χ3v) is 4.08. The summed E-state index contributed by atoms with van der Waals surface area (Å²) in [5, 5.41) is 16.6. The van der Waals surface area contributed by atoms with E-state index in [1.807, 2.05) is 0 Å². The monoisotopic (exact) mass is 339 g/mol. The van der Waals surface area contributed by atoms with Gasteiger partial charge in [-0.05, 0) is 38.0 Å². The Morgan fingerprint density at radius 3 is 2.40 bits per heavy atom. The third kappa shape index (κ3) is 3.65. The molecule has 2 aromatic rings. The first-order valence-electron chi connectivity index (χ1n) is 7.92. The standard InChI is InChI=1S/C18H17N3O4/c1-11-13(6-4-8-16(11)21(24)25)17(22)20-15-7-3-2-5-14(15)18(23)19-12-9-10-12/h2-8,12H,9-10H2,1H3,(H,19,23)(H,20,22). The van der Waals surface area contributed by atoms with Crippen LogP contribution in [0.25, 0.3) is 0 Å². The molecule has 0 spiro atoms. The van der Waals surface area contributed by atoms with Gasteiger partial charge in [0.15, 0.2) is 0 Å². The van der Waals surface area contributed by atoms with Crippen LogP contribution in [0.2, 0.25) is 0 Å². The molecule has 2 N–H and O–H groups in total. The van der Waals surface area contributed by atoms with E-state index >= 15 is 0 Å². The smallest absolute Gasteiger partial charge is 0.273 e. The highest BCUT2D eigenvalue weighted by Crippen LogP contribution is 2.24. The van der Waals surface area contributed by atoms with Crippen molar-refractivity contribution in [2.24, 2.45) is 0 Å². The number of rotatable bonds is 5. The summed E-state index contributed by atoms with van der Waals surface area (Å²) in [6, 6.07) is 11.2. The molecule has 1 aliphatic carbocycles. The summed E-state index contributed by atoms with van der Waals surface area (Å²) < 4.78 is 0. The van der Waals surface area contributed by atoms with Crippen LogP contribution >= 0.6 is 0 Å². The number of amides is 2. The quantitative estimate of drug-likeness (QED) is 0.645. The zero-order valence-electron chi connectivity index (χ0n) is 13.6. The summed E-state index contributed by atoms with van der Waals surface area (Å²) >= 11 is 0. The highest BCUT2D eigenvalue weighted by Gasteiger charge is 2.25. The molecule has 1 saturated carbocycles. The van der Waals surface area contributed by atoms with Gasteiger partial charge in [-0.1, -0.05) is 18.2 Å². The normalized spacial score (nSPS) is 13.2. The van der Waals surface area contributed by atoms with Gasteiger partial charge in [-0.3, -0.25) is 19.7 Å². The van der Waals surface area contributed by atoms with E-state index in [2.05, 4.69) is 10.6 Å². The summed E-state index contributed by atoms with van der Waals surface area (Å²) in [6.45, 7) is 1.53. The number of carbonyl (C=O) groups is 2. The fourth-order valence-corrected chi connectivity index (χ4v) is 2.54. The number of nitrogens with one attached hydrogen (secondary N) is 2. The Bertz CT molecular complexity index is 859. The van der Waals surface area contributed by atoms with Crippen LogP contribution in [0.5, 0.6) is 0 Å². The Morgan fingerprint density at radius 2 is 1.72 bits per heavy atom. The Hall–Kier alpha value is -3.22. The summed E-state index contributed by atoms with van der Waals surface area (Å²) in [5.74, 6) is -0.734. The molecular weight excluding hydrogens is 322 g/mol. The maximum Gasteiger partial charge on any atom is 0.273 e. The second kappa shape index (κ2) is 6.72. The molecule has 0 bridgehead atoms. The number of benzene rings is 2. The van der Waals surface area contributed by atoms with Crippen LogP contribution < -0.4 is 10.6 Å². The SMILES string of the molecule is Cc1c(C(=O)Nc2ccccc2C(=O)NC2CC2)cccc1[N+](=O)[O-]. The van der Waals surface area contributed by atoms with Crippen molar-refractivity contribution < 1.29 is 14.5 Å². The Kier molecular flexibility index (Phi) is 4.47. The van der Waals surface area contributed by atoms with E-state index in [4.69, 9.17) is 0 Å². The van der Waals surface area contributed by atoms with E-state index in [1.165, 1.54) is 25.1 Å². The van der Waals surface area contributed by atoms with Crippen LogP contribution in [-0.2, 0) is 0 Å². The maximum atomic E-state index is 12.6. The zero-order valence-corrected chi connectivity index (χ0v) is 13.6. The van der Waals surface area contributed by atoms with Gasteiger partial charge in [-0.15, -0.1) is 0 Å². The number of hydrogen-bond donors (Lipinski definition) is 2. The van der Waals surface area contributed by atoms with Gasteiger partial charge in [-0.25, -0.2) is 0 Å². The molecule has 0 aliphatic heterocycles. The summed E-state index contributed by atoms with van der Waals surface area (Å²) in [4.78, 5) is 35.3. The van der Waals surface area contributed by atoms with Crippen LogP contribution in [0.15, 0.2) is 42.5 Å². The van der Waals surface area contributed by atoms with Crippen LogP contribution in [0.1, 0.15) is 39.1 Å². The molecule has 2 aromatic carbocycles. The molecule has 2 amide bonds. The molecule has 1 aliphatic rings. The molecule has 1 fully saturated rings. The van der Waals surface area contributed by atoms with Gasteiger partial charge in [0, 0.05) is 23.2 Å². The van der Waals surface area contributed by atoms with Crippen LogP contribution in [0, 0.1) is 17.0 Å². The Balaban J connectivity index is 1.85. The van der Waals surface area contributed by atoms with Crippen molar-refractivity contribution in [1.82, 2.24) is 5.32 Å². The van der Waals surface area contributed by atoms with Crippen molar-refractivity contribution in [3.05, 3.63) is 69.3 Å². The fraction of sp³-hybridized carbons (Fsp3) is 0.222. The number of nitro groups is 1. The first-order valence-corrected chi connectivity index (χ1v) is 7.92. The highest BCUT2D eigenvalue weighted by atomic mass is 16.6. The molecule has 0 heterocycles. The number of nitro benzene ring substituents is 1. The first kappa shape index (κ1) is 16.6. The summed E-state index contributed by atoms with van der Waals surface area (Å²) in [6.07, 6.45) is 1.93. The number of para-hydroxylation sites is 1. The number of carbonyl (C=O) groups excluding carboxylic acids is 2. The predicted octanol–water partition coefficient (Wildman–Crippen LogP) is 3.05. The van der Waals surface area contributed by atoms with Gasteiger partial charge in [0.2, 0.25) is 0 Å². The molecule has 0 saturated heterocycles. The minimum Gasteiger partial charge on any atom is -0.349 e. The van der Waals surface area contributed by atoms with Gasteiger partial charge in [0.05, 0.1) is 16.2 Å². The second-order valence-electron chi connectivity index (χ2n) is 5.95. The number of anilines is 1. The van der Waals surface area contributed by atoms with Gasteiger partial charge in [0.25, 0.3) is 17.5 Å². The minimum atomic E-state index is -0.525. The summed E-state index contributed by atoms with van der Waals surface area (Å²) in [5.41, 5.74) is 1.10. The maximum absolute atomic E-state index is 12.6. The van der Waals surface area contributed by atoms with E-state index in [9.17, 15) is 19.7 Å². The molecule has 0 unspecified atom stereocenters. The molecule has 128 valence electrons. The minimum absolute atomic E-state index is 0.118. The zero-order chi connectivity index (χ0) is 18.0. The molecule has 7 nitrogen and oxygen atoms in total. The van der Waals surface area contributed by atoms with Gasteiger partial charge in [0.1, 0.15) is 0 Å². The third-order valence-electron chi connectivity index (χ3n) is 4.08. The van der Waals surface area contributed by atoms with Crippen molar-refractivity contribution in [3.8, 4) is 0 Å². The van der Waals surface area contributed by atoms with E-state index in [0.29, 0.717) is 11.3 Å². The lowest BCUT2D eigenvalue weighted by Gasteiger charge is -2.12. The van der Waals surface area contributed by atoms with E-state index < -0.39 is 10.8 Å². The lowest BCUT2D eigenvalue weighted by Crippen LogP contribution is -2.27. The molecule has 0 aromatic heterocycles. The van der Waals surface area contributed by atoms with E-state index in [1.54, 1.807) is 24.3 Å². The average molecular weight is 339 g/mol. The van der Waals surface area contributed by atoms with E-state index in [-0.39, 0.29) is 28.8 Å². The molecular formula is C18H17N3O4. The highest BCUT2D eigenvalue weighted by molar-refractivity contribution is 6.10. The van der Waals surface area contributed by atoms with Gasteiger partial charge >= 0.3 is 0 Å². The lowest BCUT2D eigenvalue weighted by atomic mass is 10.1. The van der Waals surface area contributed by atoms with Crippen LogP contribution in [-0.4, -0.2) is 22.8 Å². The van der Waals surface area contributed by atoms with Crippen molar-refractivity contribution in [3.63, 3.8) is 0 Å². The predicted molar refractivity (Wildman–Crippen MR) is 92.7 cm³/mol. The molecule has 3 rings (SSSR count). The fourth-order valence-electron chi connectivity index (χ4n) is 2.54. The number of nitrogens with zero attached hydrogens (tertiary/aromatic N) is 1. The molecule has 0 radical (unpaired) electrons. The summed E-state index contributed by atoms with van der Waals surface area (Å²) in [7, 11) is 0. The molecule has 25 heavy (non-hydrogen) atoms. The van der Waals surface area contributed by atoms with Crippen molar-refractivity contribution in [1.29, 1.82) is 0 Å².